The molecular formula is C52H39N3. The van der Waals surface area contributed by atoms with Crippen molar-refractivity contribution in [3.05, 3.63) is 211 Å². The van der Waals surface area contributed by atoms with Gasteiger partial charge >= 0.3 is 0 Å². The Hall–Kier alpha value is -6.97. The van der Waals surface area contributed by atoms with E-state index in [0.29, 0.717) is 0 Å². The van der Waals surface area contributed by atoms with Crippen LogP contribution in [0.4, 0.5) is 34.3 Å². The fourth-order valence-electron chi connectivity index (χ4n) is 8.46. The van der Waals surface area contributed by atoms with Gasteiger partial charge in [0.25, 0.3) is 0 Å². The Morgan fingerprint density at radius 1 is 0.400 bits per heavy atom. The maximum atomic E-state index is 5.18. The number of anilines is 6. The lowest BCUT2D eigenvalue weighted by molar-refractivity contribution is 0.660. The van der Waals surface area contributed by atoms with Crippen molar-refractivity contribution < 1.29 is 0 Å². The lowest BCUT2D eigenvalue weighted by Crippen LogP contribution is -2.17. The van der Waals surface area contributed by atoms with Gasteiger partial charge in [-0.3, -0.25) is 4.90 Å². The zero-order valence-electron chi connectivity index (χ0n) is 30.9. The average molecular weight is 706 g/mol. The Kier molecular flexibility index (Phi) is 7.81. The van der Waals surface area contributed by atoms with Crippen LogP contribution < -0.4 is 9.80 Å². The lowest BCUT2D eigenvalue weighted by atomic mass is 9.82. The van der Waals surface area contributed by atoms with E-state index in [1.165, 1.54) is 43.8 Å². The SMILES string of the molecule is CC1(C)c2ccccc2-c2ccc(N(c3ccc(-c4ccc(N(c5ccccc5)c5ccc6ccccc6c5)cc4)cn3)c3cccc4ccccc34)cc21. The van der Waals surface area contributed by atoms with E-state index < -0.39 is 0 Å². The van der Waals surface area contributed by atoms with E-state index in [1.54, 1.807) is 0 Å². The molecule has 0 amide bonds. The van der Waals surface area contributed by atoms with Gasteiger partial charge in [0.2, 0.25) is 0 Å². The van der Waals surface area contributed by atoms with Gasteiger partial charge < -0.3 is 4.90 Å². The summed E-state index contributed by atoms with van der Waals surface area (Å²) >= 11 is 0. The smallest absolute Gasteiger partial charge is 0.137 e. The first-order valence-corrected chi connectivity index (χ1v) is 19.0. The molecule has 3 nitrogen and oxygen atoms in total. The summed E-state index contributed by atoms with van der Waals surface area (Å²) in [6, 6.07) is 69.8. The summed E-state index contributed by atoms with van der Waals surface area (Å²) in [6.45, 7) is 4.67. The van der Waals surface area contributed by atoms with Crippen LogP contribution in [0.2, 0.25) is 0 Å². The van der Waals surface area contributed by atoms with Gasteiger partial charge in [-0.1, -0.05) is 141 Å². The normalized spacial score (nSPS) is 12.7. The maximum absolute atomic E-state index is 5.18. The van der Waals surface area contributed by atoms with Gasteiger partial charge in [-0.25, -0.2) is 4.98 Å². The Morgan fingerprint density at radius 3 is 1.84 bits per heavy atom. The first-order chi connectivity index (χ1) is 27.0. The van der Waals surface area contributed by atoms with Crippen LogP contribution in [0.25, 0.3) is 43.8 Å². The topological polar surface area (TPSA) is 19.4 Å². The van der Waals surface area contributed by atoms with Crippen LogP contribution in [0.3, 0.4) is 0 Å². The summed E-state index contributed by atoms with van der Waals surface area (Å²) in [5, 5.41) is 4.83. The molecule has 0 atom stereocenters. The zero-order valence-corrected chi connectivity index (χ0v) is 30.9. The molecule has 0 saturated carbocycles. The molecular weight excluding hydrogens is 667 g/mol. The Balaban J connectivity index is 1.03. The second kappa shape index (κ2) is 13.2. The van der Waals surface area contributed by atoms with Gasteiger partial charge in [0.15, 0.2) is 0 Å². The Bertz CT molecular complexity index is 2830. The van der Waals surface area contributed by atoms with Gasteiger partial charge in [0.1, 0.15) is 5.82 Å². The lowest BCUT2D eigenvalue weighted by Gasteiger charge is -2.28. The molecule has 1 heterocycles. The van der Waals surface area contributed by atoms with Crippen LogP contribution in [0.15, 0.2) is 200 Å². The van der Waals surface area contributed by atoms with Crippen molar-refractivity contribution in [2.24, 2.45) is 0 Å². The monoisotopic (exact) mass is 705 g/mol. The second-order valence-corrected chi connectivity index (χ2v) is 14.9. The predicted molar refractivity (Wildman–Crippen MR) is 232 cm³/mol. The molecule has 9 aromatic rings. The molecule has 0 saturated heterocycles. The number of nitrogens with zero attached hydrogens (tertiary/aromatic N) is 3. The van der Waals surface area contributed by atoms with Crippen molar-refractivity contribution in [3.8, 4) is 22.3 Å². The minimum Gasteiger partial charge on any atom is -0.310 e. The summed E-state index contributed by atoms with van der Waals surface area (Å²) in [4.78, 5) is 9.81. The van der Waals surface area contributed by atoms with E-state index >= 15 is 0 Å². The molecule has 55 heavy (non-hydrogen) atoms. The highest BCUT2D eigenvalue weighted by Crippen LogP contribution is 2.51. The first-order valence-electron chi connectivity index (χ1n) is 19.0. The molecule has 0 aliphatic heterocycles. The summed E-state index contributed by atoms with van der Waals surface area (Å²) in [6.07, 6.45) is 2.01. The number of fused-ring (bicyclic) bond motifs is 5. The number of hydrogen-bond acceptors (Lipinski definition) is 3. The van der Waals surface area contributed by atoms with Crippen LogP contribution in [-0.4, -0.2) is 4.98 Å². The number of hydrogen-bond donors (Lipinski definition) is 0. The van der Waals surface area contributed by atoms with Crippen LogP contribution in [0.5, 0.6) is 0 Å². The van der Waals surface area contributed by atoms with E-state index in [9.17, 15) is 0 Å². The van der Waals surface area contributed by atoms with Gasteiger partial charge in [-0.05, 0) is 111 Å². The molecule has 1 aliphatic carbocycles. The van der Waals surface area contributed by atoms with E-state index in [2.05, 4.69) is 218 Å². The maximum Gasteiger partial charge on any atom is 0.137 e. The minimum atomic E-state index is -0.111. The van der Waals surface area contributed by atoms with Gasteiger partial charge in [-0.15, -0.1) is 0 Å². The fourth-order valence-corrected chi connectivity index (χ4v) is 8.46. The molecule has 0 unspecified atom stereocenters. The molecule has 10 rings (SSSR count). The molecule has 1 aliphatic rings. The molecule has 0 radical (unpaired) electrons. The predicted octanol–water partition coefficient (Wildman–Crippen LogP) is 14.3. The third kappa shape index (κ3) is 5.64. The van der Waals surface area contributed by atoms with Crippen LogP contribution in [-0.2, 0) is 5.41 Å². The van der Waals surface area contributed by atoms with E-state index in [0.717, 1.165) is 45.4 Å². The fraction of sp³-hybridized carbons (Fsp3) is 0.0577. The number of rotatable bonds is 7. The molecule has 262 valence electrons. The van der Waals surface area contributed by atoms with Crippen molar-refractivity contribution in [2.75, 3.05) is 9.80 Å². The first kappa shape index (κ1) is 32.7. The third-order valence-corrected chi connectivity index (χ3v) is 11.3. The van der Waals surface area contributed by atoms with E-state index in [1.807, 2.05) is 6.20 Å². The van der Waals surface area contributed by atoms with Crippen LogP contribution >= 0.6 is 0 Å². The van der Waals surface area contributed by atoms with Crippen LogP contribution in [0.1, 0.15) is 25.0 Å². The zero-order chi connectivity index (χ0) is 36.9. The standard InChI is InChI=1S/C52H39N3/c1-52(2)48-21-11-10-20-46(48)47-31-30-44(34-49(47)52)55(50-22-12-16-38-14-8-9-19-45(38)50)51-32-26-40(35-53-51)37-23-27-42(28-24-37)54(41-17-4-3-5-18-41)43-29-25-36-13-6-7-15-39(36)33-43/h3-35H,1-2H3. The van der Waals surface area contributed by atoms with Crippen molar-refractivity contribution in [3.63, 3.8) is 0 Å². The van der Waals surface area contributed by atoms with Gasteiger partial charge in [0, 0.05) is 45.3 Å². The van der Waals surface area contributed by atoms with E-state index in [4.69, 9.17) is 4.98 Å². The third-order valence-electron chi connectivity index (χ3n) is 11.3. The molecule has 0 fully saturated rings. The molecule has 0 spiro atoms. The van der Waals surface area contributed by atoms with Crippen molar-refractivity contribution in [1.82, 2.24) is 4.98 Å². The van der Waals surface area contributed by atoms with Crippen LogP contribution in [0, 0.1) is 0 Å². The number of benzene rings is 8. The number of aromatic nitrogens is 1. The largest absolute Gasteiger partial charge is 0.310 e. The molecule has 3 heteroatoms. The summed E-state index contributed by atoms with van der Waals surface area (Å²) < 4.78 is 0. The number of para-hydroxylation sites is 1. The highest BCUT2D eigenvalue weighted by Gasteiger charge is 2.36. The summed E-state index contributed by atoms with van der Waals surface area (Å²) in [5.41, 5.74) is 12.9. The van der Waals surface area contributed by atoms with Crippen molar-refractivity contribution in [1.29, 1.82) is 0 Å². The summed E-state index contributed by atoms with van der Waals surface area (Å²) in [5.74, 6) is 0.872. The summed E-state index contributed by atoms with van der Waals surface area (Å²) in [7, 11) is 0. The highest BCUT2D eigenvalue weighted by atomic mass is 15.2. The quantitative estimate of drug-likeness (QED) is 0.165. The van der Waals surface area contributed by atoms with Gasteiger partial charge in [0.05, 0.1) is 5.69 Å². The molecule has 0 bridgehead atoms. The minimum absolute atomic E-state index is 0.111. The van der Waals surface area contributed by atoms with Crippen molar-refractivity contribution >= 4 is 55.8 Å². The van der Waals surface area contributed by atoms with Crippen molar-refractivity contribution in [2.45, 2.75) is 19.3 Å². The average Bonchev–Trinajstić information content (AvgIpc) is 3.47. The molecule has 1 aromatic heterocycles. The molecule has 8 aromatic carbocycles. The molecule has 0 N–H and O–H groups in total. The number of pyridine rings is 1. The van der Waals surface area contributed by atoms with Gasteiger partial charge in [-0.2, -0.15) is 0 Å². The second-order valence-electron chi connectivity index (χ2n) is 14.9. The van der Waals surface area contributed by atoms with E-state index in [-0.39, 0.29) is 5.41 Å². The Morgan fingerprint density at radius 2 is 1.02 bits per heavy atom. The Labute approximate surface area is 322 Å². The highest BCUT2D eigenvalue weighted by molar-refractivity contribution is 5.99.